The minimum atomic E-state index is 0.303. The van der Waals surface area contributed by atoms with E-state index in [0.717, 1.165) is 33.5 Å². The van der Waals surface area contributed by atoms with Crippen LogP contribution in [0, 0.1) is 5.92 Å². The molecule has 0 fully saturated rings. The number of rotatable bonds is 6. The fraction of sp³-hybridized carbons (Fsp3) is 0.156. The lowest BCUT2D eigenvalue weighted by atomic mass is 9.77. The number of hydrogen-bond donors (Lipinski definition) is 1. The van der Waals surface area contributed by atoms with Gasteiger partial charge in [-0.1, -0.05) is 72.8 Å². The van der Waals surface area contributed by atoms with Crippen LogP contribution >= 0.6 is 15.9 Å². The first-order chi connectivity index (χ1) is 17.7. The highest BCUT2D eigenvalue weighted by atomic mass is 79.9. The van der Waals surface area contributed by atoms with E-state index in [1.165, 1.54) is 16.8 Å². The van der Waals surface area contributed by atoms with E-state index in [1.54, 1.807) is 0 Å². The lowest BCUT2D eigenvalue weighted by Gasteiger charge is -2.37. The highest BCUT2D eigenvalue weighted by molar-refractivity contribution is 9.10. The van der Waals surface area contributed by atoms with Gasteiger partial charge in [0.25, 0.3) is 0 Å². The molecule has 0 spiro atoms. The van der Waals surface area contributed by atoms with E-state index in [0.29, 0.717) is 24.5 Å². The maximum Gasteiger partial charge on any atom is 0.134 e. The van der Waals surface area contributed by atoms with Gasteiger partial charge in [-0.3, -0.25) is 4.99 Å². The summed E-state index contributed by atoms with van der Waals surface area (Å²) in [4.78, 5) is 4.71. The first-order valence-electron chi connectivity index (χ1n) is 12.4. The molecule has 0 unspecified atom stereocenters. The number of benzene rings is 4. The number of fused-ring (bicyclic) bond motifs is 3. The predicted molar refractivity (Wildman–Crippen MR) is 151 cm³/mol. The number of allylic oxidation sites excluding steroid dienone is 2. The van der Waals surface area contributed by atoms with Crippen LogP contribution in [-0.2, 0) is 6.61 Å². The molecule has 36 heavy (non-hydrogen) atoms. The van der Waals surface area contributed by atoms with Crippen molar-refractivity contribution in [3.8, 4) is 5.75 Å². The molecule has 0 bridgehead atoms. The van der Waals surface area contributed by atoms with Crippen molar-refractivity contribution in [2.45, 2.75) is 25.0 Å². The van der Waals surface area contributed by atoms with Crippen LogP contribution in [0.25, 0.3) is 0 Å². The molecule has 3 nitrogen and oxygen atoms in total. The fourth-order valence-corrected chi connectivity index (χ4v) is 5.75. The largest absolute Gasteiger partial charge is 0.488 e. The van der Waals surface area contributed by atoms with E-state index >= 15 is 0 Å². The second-order valence-electron chi connectivity index (χ2n) is 9.38. The van der Waals surface area contributed by atoms with Crippen molar-refractivity contribution in [2.75, 3.05) is 5.32 Å². The first kappa shape index (κ1) is 22.8. The Balaban J connectivity index is 1.13. The van der Waals surface area contributed by atoms with Crippen molar-refractivity contribution >= 4 is 33.5 Å². The third-order valence-corrected chi connectivity index (χ3v) is 7.70. The van der Waals surface area contributed by atoms with Gasteiger partial charge in [0.15, 0.2) is 0 Å². The van der Waals surface area contributed by atoms with Gasteiger partial charge in [-0.15, -0.1) is 0 Å². The van der Waals surface area contributed by atoms with Crippen LogP contribution in [-0.4, -0.2) is 6.21 Å². The smallest absolute Gasteiger partial charge is 0.134 e. The maximum absolute atomic E-state index is 5.96. The number of halogens is 1. The normalized spacial score (nSPS) is 20.1. The molecule has 1 heterocycles. The summed E-state index contributed by atoms with van der Waals surface area (Å²) >= 11 is 3.64. The van der Waals surface area contributed by atoms with E-state index < -0.39 is 0 Å². The lowest BCUT2D eigenvalue weighted by Crippen LogP contribution is -2.28. The highest BCUT2D eigenvalue weighted by Gasteiger charge is 2.37. The molecular formula is C32H27BrN2O. The van der Waals surface area contributed by atoms with Gasteiger partial charge >= 0.3 is 0 Å². The summed E-state index contributed by atoms with van der Waals surface area (Å²) in [5, 5.41) is 3.80. The molecule has 0 saturated carbocycles. The fourth-order valence-electron chi connectivity index (χ4n) is 5.24. The zero-order valence-electron chi connectivity index (χ0n) is 19.8. The Labute approximate surface area is 220 Å². The molecule has 4 aromatic carbocycles. The van der Waals surface area contributed by atoms with Gasteiger partial charge in [-0.05, 0) is 86.9 Å². The Morgan fingerprint density at radius 3 is 2.56 bits per heavy atom. The maximum atomic E-state index is 5.96. The minimum absolute atomic E-state index is 0.303. The number of anilines is 1. The van der Waals surface area contributed by atoms with E-state index in [1.807, 2.05) is 42.6 Å². The molecule has 4 aromatic rings. The van der Waals surface area contributed by atoms with Crippen molar-refractivity contribution in [1.29, 1.82) is 0 Å². The van der Waals surface area contributed by atoms with Gasteiger partial charge in [0.2, 0.25) is 0 Å². The molecule has 1 aliphatic heterocycles. The summed E-state index contributed by atoms with van der Waals surface area (Å²) in [6.07, 6.45) is 7.72. The van der Waals surface area contributed by atoms with Gasteiger partial charge in [0, 0.05) is 17.8 Å². The second-order valence-corrected chi connectivity index (χ2v) is 10.2. The number of hydrogen-bond acceptors (Lipinski definition) is 3. The Kier molecular flexibility index (Phi) is 6.44. The topological polar surface area (TPSA) is 33.6 Å². The number of nitrogens with one attached hydrogen (secondary N) is 1. The summed E-state index contributed by atoms with van der Waals surface area (Å²) in [5.74, 6) is 1.86. The van der Waals surface area contributed by atoms with E-state index in [9.17, 15) is 0 Å². The van der Waals surface area contributed by atoms with Gasteiger partial charge in [-0.2, -0.15) is 0 Å². The minimum Gasteiger partial charge on any atom is -0.488 e. The monoisotopic (exact) mass is 534 g/mol. The Morgan fingerprint density at radius 1 is 0.917 bits per heavy atom. The standard InChI is InChI=1S/C32H27BrN2O/c33-29-19-23(13-18-31(29)36-21-22-7-2-1-3-8-22)20-34-25-16-14-24(15-17-25)32-28-11-6-10-26(28)27-9-4-5-12-30(27)35-32/h1-10,12-20,26,28,32,35H,11,21H2/t26-,28+,32-/m0/s1. The summed E-state index contributed by atoms with van der Waals surface area (Å²) < 4.78 is 6.88. The predicted octanol–water partition coefficient (Wildman–Crippen LogP) is 8.61. The molecule has 0 saturated heterocycles. The van der Waals surface area contributed by atoms with Crippen molar-refractivity contribution in [2.24, 2.45) is 10.9 Å². The molecule has 0 aromatic heterocycles. The molecule has 6 rings (SSSR count). The SMILES string of the molecule is Brc1cc(C=Nc2ccc([C@@H]3Nc4ccccc4[C@@H]4C=CC[C@H]43)cc2)ccc1OCc1ccccc1. The Bertz CT molecular complexity index is 1410. The second kappa shape index (κ2) is 10.2. The number of nitrogens with zero attached hydrogens (tertiary/aromatic N) is 1. The zero-order valence-corrected chi connectivity index (χ0v) is 21.4. The van der Waals surface area contributed by atoms with Gasteiger partial charge in [-0.25, -0.2) is 0 Å². The van der Waals surface area contributed by atoms with E-state index in [4.69, 9.17) is 9.73 Å². The average Bonchev–Trinajstić information content (AvgIpc) is 3.42. The summed E-state index contributed by atoms with van der Waals surface area (Å²) in [5.41, 5.74) is 7.08. The van der Waals surface area contributed by atoms with Crippen LogP contribution in [0.15, 0.2) is 119 Å². The molecule has 0 radical (unpaired) electrons. The van der Waals surface area contributed by atoms with Crippen LogP contribution in [0.3, 0.4) is 0 Å². The molecule has 1 N–H and O–H groups in total. The Hall–Kier alpha value is -3.63. The lowest BCUT2D eigenvalue weighted by molar-refractivity contribution is 0.304. The highest BCUT2D eigenvalue weighted by Crippen LogP contribution is 2.49. The van der Waals surface area contributed by atoms with Gasteiger partial charge in [0.05, 0.1) is 16.2 Å². The number of aliphatic imine (C=N–C) groups is 1. The van der Waals surface area contributed by atoms with Crippen LogP contribution in [0.5, 0.6) is 5.75 Å². The molecule has 4 heteroatoms. The molecule has 2 aliphatic rings. The summed E-state index contributed by atoms with van der Waals surface area (Å²) in [6.45, 7) is 0.540. The van der Waals surface area contributed by atoms with Crippen LogP contribution < -0.4 is 10.1 Å². The van der Waals surface area contributed by atoms with Crippen LogP contribution in [0.2, 0.25) is 0 Å². The molecule has 3 atom stereocenters. The summed E-state index contributed by atoms with van der Waals surface area (Å²) in [6, 6.07) is 33.9. The first-order valence-corrected chi connectivity index (χ1v) is 13.2. The number of ether oxygens (including phenoxy) is 1. The van der Waals surface area contributed by atoms with E-state index in [2.05, 4.69) is 94.1 Å². The van der Waals surface area contributed by atoms with Gasteiger partial charge < -0.3 is 10.1 Å². The van der Waals surface area contributed by atoms with Crippen LogP contribution in [0.4, 0.5) is 11.4 Å². The van der Waals surface area contributed by atoms with Crippen molar-refractivity contribution < 1.29 is 4.74 Å². The van der Waals surface area contributed by atoms with Gasteiger partial charge in [0.1, 0.15) is 12.4 Å². The molecule has 178 valence electrons. The number of para-hydroxylation sites is 1. The Morgan fingerprint density at radius 2 is 1.72 bits per heavy atom. The van der Waals surface area contributed by atoms with Crippen molar-refractivity contribution in [3.05, 3.63) is 136 Å². The van der Waals surface area contributed by atoms with E-state index in [-0.39, 0.29) is 0 Å². The van der Waals surface area contributed by atoms with Crippen LogP contribution in [0.1, 0.15) is 40.6 Å². The average molecular weight is 535 g/mol. The third kappa shape index (κ3) is 4.74. The molecule has 1 aliphatic carbocycles. The quantitative estimate of drug-likeness (QED) is 0.198. The van der Waals surface area contributed by atoms with Crippen molar-refractivity contribution in [1.82, 2.24) is 0 Å². The molecular weight excluding hydrogens is 508 g/mol. The molecule has 0 amide bonds. The third-order valence-electron chi connectivity index (χ3n) is 7.08. The zero-order chi connectivity index (χ0) is 24.3. The van der Waals surface area contributed by atoms with Crippen molar-refractivity contribution in [3.63, 3.8) is 0 Å². The summed E-state index contributed by atoms with van der Waals surface area (Å²) in [7, 11) is 0.